The van der Waals surface area contributed by atoms with E-state index in [1.807, 2.05) is 0 Å². The third kappa shape index (κ3) is 2.72. The van der Waals surface area contributed by atoms with Crippen LogP contribution in [0.15, 0.2) is 9.42 Å². The van der Waals surface area contributed by atoms with E-state index in [1.54, 1.807) is 6.92 Å². The fourth-order valence-electron chi connectivity index (χ4n) is 1.60. The average Bonchev–Trinajstić information content (AvgIpc) is 2.67. The highest BCUT2D eigenvalue weighted by Crippen LogP contribution is 2.21. The summed E-state index contributed by atoms with van der Waals surface area (Å²) in [4.78, 5) is -0.0535. The Labute approximate surface area is 106 Å². The lowest BCUT2D eigenvalue weighted by atomic mass is 10.0. The van der Waals surface area contributed by atoms with E-state index in [9.17, 15) is 18.6 Å². The molecule has 0 bridgehead atoms. The first-order valence-corrected chi connectivity index (χ1v) is 6.99. The second-order valence-corrected chi connectivity index (χ2v) is 5.83. The third-order valence-corrected chi connectivity index (χ3v) is 4.69. The van der Waals surface area contributed by atoms with E-state index in [4.69, 9.17) is 4.52 Å². The van der Waals surface area contributed by atoms with Crippen molar-refractivity contribution in [3.05, 3.63) is 11.5 Å². The maximum Gasteiger partial charge on any atom is 0.246 e. The Hall–Kier alpha value is -0.960. The first-order chi connectivity index (χ1) is 8.32. The molecule has 1 rings (SSSR count). The molecule has 0 unspecified atom stereocenters. The van der Waals surface area contributed by atoms with E-state index < -0.39 is 28.8 Å². The second-order valence-electron chi connectivity index (χ2n) is 4.21. The molecular formula is C10H18N2O5S. The summed E-state index contributed by atoms with van der Waals surface area (Å²) in [6.45, 7) is 3.67. The molecule has 0 aliphatic carbocycles. The van der Waals surface area contributed by atoms with Crippen LogP contribution in [0, 0.1) is 13.8 Å². The molecular weight excluding hydrogens is 260 g/mol. The molecule has 0 fully saturated rings. The third-order valence-electron chi connectivity index (χ3n) is 2.87. The zero-order valence-corrected chi connectivity index (χ0v) is 11.4. The molecule has 0 atom stereocenters. The van der Waals surface area contributed by atoms with Gasteiger partial charge in [-0.25, -0.2) is 13.1 Å². The number of rotatable bonds is 6. The summed E-state index contributed by atoms with van der Waals surface area (Å²) in [6, 6.07) is 0. The molecule has 0 saturated heterocycles. The number of hydrogen-bond acceptors (Lipinski definition) is 6. The average molecular weight is 278 g/mol. The molecule has 0 aromatic carbocycles. The fourth-order valence-corrected chi connectivity index (χ4v) is 3.39. The van der Waals surface area contributed by atoms with Gasteiger partial charge >= 0.3 is 0 Å². The number of hydrogen-bond donors (Lipinski definition) is 3. The molecule has 0 radical (unpaired) electrons. The second kappa shape index (κ2) is 5.35. The minimum absolute atomic E-state index is 0.0535. The van der Waals surface area contributed by atoms with Crippen LogP contribution >= 0.6 is 0 Å². The van der Waals surface area contributed by atoms with Crippen LogP contribution in [0.4, 0.5) is 0 Å². The van der Waals surface area contributed by atoms with E-state index in [0.717, 1.165) is 0 Å². The number of nitrogens with zero attached hydrogens (tertiary/aromatic N) is 1. The van der Waals surface area contributed by atoms with Gasteiger partial charge in [-0.1, -0.05) is 12.1 Å². The largest absolute Gasteiger partial charge is 0.394 e. The van der Waals surface area contributed by atoms with Gasteiger partial charge in [0.15, 0.2) is 5.76 Å². The Kier molecular flexibility index (Phi) is 4.49. The van der Waals surface area contributed by atoms with E-state index in [1.165, 1.54) is 13.8 Å². The van der Waals surface area contributed by atoms with Gasteiger partial charge in [0.25, 0.3) is 0 Å². The van der Waals surface area contributed by atoms with Crippen LogP contribution < -0.4 is 4.72 Å². The summed E-state index contributed by atoms with van der Waals surface area (Å²) in [5, 5.41) is 22.1. The number of aliphatic hydroxyl groups is 2. The maximum atomic E-state index is 12.2. The Morgan fingerprint density at radius 3 is 2.22 bits per heavy atom. The van der Waals surface area contributed by atoms with Gasteiger partial charge in [0.05, 0.1) is 18.8 Å². The highest BCUT2D eigenvalue weighted by atomic mass is 32.2. The molecule has 3 N–H and O–H groups in total. The van der Waals surface area contributed by atoms with Crippen molar-refractivity contribution >= 4 is 10.0 Å². The summed E-state index contributed by atoms with van der Waals surface area (Å²) >= 11 is 0. The van der Waals surface area contributed by atoms with Crippen LogP contribution in [0.25, 0.3) is 0 Å². The Balaban J connectivity index is 3.17. The van der Waals surface area contributed by atoms with Gasteiger partial charge in [-0.2, -0.15) is 0 Å². The molecule has 18 heavy (non-hydrogen) atoms. The minimum Gasteiger partial charge on any atom is -0.394 e. The van der Waals surface area contributed by atoms with Crippen LogP contribution in [0.5, 0.6) is 0 Å². The molecule has 0 saturated carbocycles. The molecule has 8 heteroatoms. The fraction of sp³-hybridized carbons (Fsp3) is 0.700. The lowest BCUT2D eigenvalue weighted by molar-refractivity contribution is 0.105. The number of nitrogens with one attached hydrogen (secondary N) is 1. The number of aliphatic hydroxyl groups excluding tert-OH is 2. The molecule has 0 aliphatic heterocycles. The van der Waals surface area contributed by atoms with Gasteiger partial charge in [-0.3, -0.25) is 0 Å². The summed E-state index contributed by atoms with van der Waals surface area (Å²) in [5.74, 6) is 0.167. The SMILES string of the molecule is CCC(CO)(CO)NS(=O)(=O)c1c(C)noc1C. The highest BCUT2D eigenvalue weighted by molar-refractivity contribution is 7.89. The van der Waals surface area contributed by atoms with Crippen molar-refractivity contribution in [1.82, 2.24) is 9.88 Å². The summed E-state index contributed by atoms with van der Waals surface area (Å²) in [7, 11) is -3.90. The van der Waals surface area contributed by atoms with Gasteiger partial charge < -0.3 is 14.7 Å². The Morgan fingerprint density at radius 2 is 1.89 bits per heavy atom. The van der Waals surface area contributed by atoms with E-state index >= 15 is 0 Å². The molecule has 7 nitrogen and oxygen atoms in total. The number of aromatic nitrogens is 1. The number of sulfonamides is 1. The van der Waals surface area contributed by atoms with Gasteiger partial charge in [-0.15, -0.1) is 0 Å². The van der Waals surface area contributed by atoms with Crippen LogP contribution in [-0.2, 0) is 10.0 Å². The van der Waals surface area contributed by atoms with Gasteiger partial charge in [0, 0.05) is 0 Å². The predicted octanol–water partition coefficient (Wildman–Crippen LogP) is -0.297. The lowest BCUT2D eigenvalue weighted by Crippen LogP contribution is -2.53. The predicted molar refractivity (Wildman–Crippen MR) is 63.5 cm³/mol. The zero-order chi connectivity index (χ0) is 14.0. The summed E-state index contributed by atoms with van der Waals surface area (Å²) < 4.78 is 31.5. The van der Waals surface area contributed by atoms with Crippen molar-refractivity contribution in [3.63, 3.8) is 0 Å². The van der Waals surface area contributed by atoms with Crippen molar-refractivity contribution in [3.8, 4) is 0 Å². The monoisotopic (exact) mass is 278 g/mol. The van der Waals surface area contributed by atoms with E-state index in [0.29, 0.717) is 0 Å². The normalized spacial score (nSPS) is 12.9. The van der Waals surface area contributed by atoms with Crippen LogP contribution in [-0.4, -0.2) is 42.5 Å². The van der Waals surface area contributed by atoms with Gasteiger partial charge in [0.1, 0.15) is 10.6 Å². The summed E-state index contributed by atoms with van der Waals surface area (Å²) in [6.07, 6.45) is 0.253. The highest BCUT2D eigenvalue weighted by Gasteiger charge is 2.35. The first-order valence-electron chi connectivity index (χ1n) is 5.50. The maximum absolute atomic E-state index is 12.2. The molecule has 0 amide bonds. The summed E-state index contributed by atoms with van der Waals surface area (Å²) in [5.41, 5.74) is -1.05. The van der Waals surface area contributed by atoms with Crippen molar-refractivity contribution in [2.75, 3.05) is 13.2 Å². The van der Waals surface area contributed by atoms with Crippen molar-refractivity contribution in [2.24, 2.45) is 0 Å². The molecule has 104 valence electrons. The topological polar surface area (TPSA) is 113 Å². The Bertz CT molecular complexity index is 477. The molecule has 1 aromatic rings. The molecule has 1 aromatic heterocycles. The van der Waals surface area contributed by atoms with Crippen LogP contribution in [0.2, 0.25) is 0 Å². The van der Waals surface area contributed by atoms with Gasteiger partial charge in [0.2, 0.25) is 10.0 Å². The standard InChI is InChI=1S/C10H18N2O5S/c1-4-10(5-13,6-14)12-18(15,16)9-7(2)11-17-8(9)3/h12-14H,4-6H2,1-3H3. The molecule has 0 aliphatic rings. The van der Waals surface area contributed by atoms with E-state index in [-0.39, 0.29) is 22.8 Å². The smallest absolute Gasteiger partial charge is 0.246 e. The number of aryl methyl sites for hydroxylation is 2. The van der Waals surface area contributed by atoms with Crippen molar-refractivity contribution in [1.29, 1.82) is 0 Å². The first kappa shape index (κ1) is 15.1. The lowest BCUT2D eigenvalue weighted by Gasteiger charge is -2.29. The molecule has 0 spiro atoms. The van der Waals surface area contributed by atoms with Crippen molar-refractivity contribution in [2.45, 2.75) is 37.6 Å². The quantitative estimate of drug-likeness (QED) is 0.658. The van der Waals surface area contributed by atoms with Crippen molar-refractivity contribution < 1.29 is 23.2 Å². The van der Waals surface area contributed by atoms with Crippen LogP contribution in [0.1, 0.15) is 24.8 Å². The van der Waals surface area contributed by atoms with Crippen LogP contribution in [0.3, 0.4) is 0 Å². The van der Waals surface area contributed by atoms with E-state index in [2.05, 4.69) is 9.88 Å². The Morgan fingerprint density at radius 1 is 1.33 bits per heavy atom. The van der Waals surface area contributed by atoms with Gasteiger partial charge in [-0.05, 0) is 20.3 Å². The minimum atomic E-state index is -3.90. The molecule has 1 heterocycles. The zero-order valence-electron chi connectivity index (χ0n) is 10.6.